The minimum Gasteiger partial charge on any atom is -1.00 e. The van der Waals surface area contributed by atoms with Crippen LogP contribution in [0.1, 0.15) is 7.85 Å². The maximum Gasteiger partial charge on any atom is 1.00 e. The zero-order valence-electron chi connectivity index (χ0n) is 6.70. The Morgan fingerprint density at radius 2 is 2.00 bits per heavy atom. The first-order valence-electron chi connectivity index (χ1n) is 2.30. The standard InChI is InChI=1S/C4H8N2O3.Li.H/c5-2(4(8)9)1-3(6)7;;/h2H,1,5H2,(H2,6,7)(H,8,9);;/q;+1;-1/t2-;;/m0../s1. The first-order chi connectivity index (χ1) is 4.04. The monoisotopic (exact) mass is 140 g/mol. The maximum atomic E-state index is 9.99. The number of carboxylic acid groups (broad SMARTS) is 1. The molecule has 5 N–H and O–H groups in total. The van der Waals surface area contributed by atoms with Gasteiger partial charge in [-0.15, -0.1) is 0 Å². The molecule has 0 fully saturated rings. The summed E-state index contributed by atoms with van der Waals surface area (Å²) in [5, 5.41) is 8.10. The average Bonchev–Trinajstić information content (AvgIpc) is 1.63. The van der Waals surface area contributed by atoms with Crippen LogP contribution in [0, 0.1) is 0 Å². The van der Waals surface area contributed by atoms with E-state index in [1.165, 1.54) is 0 Å². The van der Waals surface area contributed by atoms with E-state index in [2.05, 4.69) is 5.73 Å². The summed E-state index contributed by atoms with van der Waals surface area (Å²) in [6, 6.07) is -1.16. The van der Waals surface area contributed by atoms with Crippen LogP contribution in [0.3, 0.4) is 0 Å². The predicted molar refractivity (Wildman–Crippen MR) is 30.5 cm³/mol. The second-order valence-corrected chi connectivity index (χ2v) is 1.62. The van der Waals surface area contributed by atoms with E-state index in [1.807, 2.05) is 0 Å². The Hall–Kier alpha value is -0.503. The summed E-state index contributed by atoms with van der Waals surface area (Å²) in [6.45, 7) is 0. The second kappa shape index (κ2) is 5.30. The van der Waals surface area contributed by atoms with Gasteiger partial charge in [-0.1, -0.05) is 0 Å². The minimum atomic E-state index is -1.21. The summed E-state index contributed by atoms with van der Waals surface area (Å²) in [6.07, 6.45) is -0.310. The largest absolute Gasteiger partial charge is 1.00 e. The Bertz CT molecular complexity index is 143. The number of carbonyl (C=O) groups excluding carboxylic acids is 1. The van der Waals surface area contributed by atoms with Gasteiger partial charge in [-0.3, -0.25) is 9.59 Å². The molecule has 0 aliphatic carbocycles. The van der Waals surface area contributed by atoms with E-state index in [9.17, 15) is 9.59 Å². The molecule has 10 heavy (non-hydrogen) atoms. The van der Waals surface area contributed by atoms with Crippen LogP contribution in [-0.4, -0.2) is 23.0 Å². The van der Waals surface area contributed by atoms with Crippen molar-refractivity contribution in [1.29, 1.82) is 0 Å². The van der Waals surface area contributed by atoms with E-state index in [0.717, 1.165) is 0 Å². The number of primary amides is 1. The fourth-order valence-corrected chi connectivity index (χ4v) is 0.304. The Kier molecular flexibility index (Phi) is 6.46. The van der Waals surface area contributed by atoms with Gasteiger partial charge < -0.3 is 18.0 Å². The Balaban J connectivity index is -0.000000320. The fraction of sp³-hybridized carbons (Fsp3) is 0.500. The average molecular weight is 140 g/mol. The van der Waals surface area contributed by atoms with E-state index in [1.54, 1.807) is 0 Å². The van der Waals surface area contributed by atoms with Gasteiger partial charge in [0.2, 0.25) is 5.91 Å². The summed E-state index contributed by atoms with van der Waals surface area (Å²) in [5.41, 5.74) is 9.57. The van der Waals surface area contributed by atoms with Gasteiger partial charge in [-0.2, -0.15) is 0 Å². The normalized spacial score (nSPS) is 11.3. The van der Waals surface area contributed by atoms with E-state index >= 15 is 0 Å². The van der Waals surface area contributed by atoms with Crippen molar-refractivity contribution < 1.29 is 35.0 Å². The molecule has 1 atom stereocenters. The van der Waals surface area contributed by atoms with E-state index in [-0.39, 0.29) is 26.7 Å². The summed E-state index contributed by atoms with van der Waals surface area (Å²) in [7, 11) is 0. The first-order valence-corrected chi connectivity index (χ1v) is 2.30. The van der Waals surface area contributed by atoms with Gasteiger partial charge in [0.25, 0.3) is 0 Å². The maximum absolute atomic E-state index is 9.99. The topological polar surface area (TPSA) is 106 Å². The molecule has 0 saturated heterocycles. The van der Waals surface area contributed by atoms with Gasteiger partial charge in [0, 0.05) is 0 Å². The Morgan fingerprint density at radius 3 is 2.10 bits per heavy atom. The van der Waals surface area contributed by atoms with E-state index < -0.39 is 17.9 Å². The van der Waals surface area contributed by atoms with Crippen molar-refractivity contribution in [3.63, 3.8) is 0 Å². The summed E-state index contributed by atoms with van der Waals surface area (Å²) in [5.74, 6) is -1.92. The number of aliphatic carboxylic acids is 1. The van der Waals surface area contributed by atoms with Gasteiger partial charge in [0.05, 0.1) is 6.42 Å². The minimum absolute atomic E-state index is 0. The van der Waals surface area contributed by atoms with Crippen LogP contribution < -0.4 is 30.3 Å². The first kappa shape index (κ1) is 12.2. The van der Waals surface area contributed by atoms with E-state index in [4.69, 9.17) is 10.8 Å². The third-order valence-electron chi connectivity index (χ3n) is 0.738. The summed E-state index contributed by atoms with van der Waals surface area (Å²) < 4.78 is 0. The number of hydrogen-bond acceptors (Lipinski definition) is 3. The molecule has 0 unspecified atom stereocenters. The predicted octanol–water partition coefficient (Wildman–Crippen LogP) is -4.61. The molecule has 1 amide bonds. The van der Waals surface area contributed by atoms with E-state index in [0.29, 0.717) is 0 Å². The van der Waals surface area contributed by atoms with Gasteiger partial charge in [-0.05, 0) is 0 Å². The molecular formula is C4H9LiN2O3. The zero-order chi connectivity index (χ0) is 7.44. The molecule has 0 saturated carbocycles. The smallest absolute Gasteiger partial charge is 1.00 e. The van der Waals surface area contributed by atoms with Crippen molar-refractivity contribution in [2.75, 3.05) is 0 Å². The van der Waals surface area contributed by atoms with Crippen LogP contribution in [0.25, 0.3) is 0 Å². The molecule has 0 spiro atoms. The fourth-order valence-electron chi connectivity index (χ4n) is 0.304. The molecule has 0 radical (unpaired) electrons. The van der Waals surface area contributed by atoms with Gasteiger partial charge >= 0.3 is 24.8 Å². The number of nitrogens with two attached hydrogens (primary N) is 2. The van der Waals surface area contributed by atoms with Crippen LogP contribution in [0.2, 0.25) is 0 Å². The molecular weight excluding hydrogens is 131 g/mol. The van der Waals surface area contributed by atoms with Crippen LogP contribution in [-0.2, 0) is 9.59 Å². The number of carboxylic acids is 1. The third kappa shape index (κ3) is 5.63. The van der Waals surface area contributed by atoms with Crippen molar-refractivity contribution >= 4 is 11.9 Å². The van der Waals surface area contributed by atoms with Crippen LogP contribution in [0.5, 0.6) is 0 Å². The zero-order valence-corrected chi connectivity index (χ0v) is 5.70. The van der Waals surface area contributed by atoms with Gasteiger partial charge in [-0.25, -0.2) is 0 Å². The molecule has 0 aromatic heterocycles. The van der Waals surface area contributed by atoms with Crippen molar-refractivity contribution in [1.82, 2.24) is 0 Å². The van der Waals surface area contributed by atoms with Crippen LogP contribution >= 0.6 is 0 Å². The SMILES string of the molecule is NC(=O)C[C@H](N)C(=O)O.[H-].[Li+]. The second-order valence-electron chi connectivity index (χ2n) is 1.62. The molecule has 54 valence electrons. The summed E-state index contributed by atoms with van der Waals surface area (Å²) >= 11 is 0. The number of amides is 1. The van der Waals surface area contributed by atoms with Crippen molar-refractivity contribution in [2.45, 2.75) is 12.5 Å². The third-order valence-corrected chi connectivity index (χ3v) is 0.738. The van der Waals surface area contributed by atoms with Crippen molar-refractivity contribution in [3.05, 3.63) is 0 Å². The molecule has 0 rings (SSSR count). The van der Waals surface area contributed by atoms with Crippen molar-refractivity contribution in [3.8, 4) is 0 Å². The van der Waals surface area contributed by atoms with Crippen molar-refractivity contribution in [2.24, 2.45) is 11.5 Å². The molecule has 0 aliphatic heterocycles. The van der Waals surface area contributed by atoms with Crippen LogP contribution in [0.4, 0.5) is 0 Å². The molecule has 0 aliphatic rings. The molecule has 0 aromatic rings. The van der Waals surface area contributed by atoms with Gasteiger partial charge in [0.1, 0.15) is 6.04 Å². The Labute approximate surface area is 71.4 Å². The summed E-state index contributed by atoms with van der Waals surface area (Å²) in [4.78, 5) is 19.9. The van der Waals surface area contributed by atoms with Crippen LogP contribution in [0.15, 0.2) is 0 Å². The molecule has 0 aromatic carbocycles. The molecule has 6 heteroatoms. The molecule has 5 nitrogen and oxygen atoms in total. The van der Waals surface area contributed by atoms with Gasteiger partial charge in [0.15, 0.2) is 0 Å². The number of carbonyl (C=O) groups is 2. The number of hydrogen-bond donors (Lipinski definition) is 3. The molecule has 0 bridgehead atoms. The number of rotatable bonds is 3. The molecule has 0 heterocycles. The Morgan fingerprint density at radius 1 is 1.60 bits per heavy atom. The quantitative estimate of drug-likeness (QED) is 0.343.